The Kier molecular flexibility index (Phi) is 5.88. The number of pyridine rings is 1. The molecule has 4 nitrogen and oxygen atoms in total. The van der Waals surface area contributed by atoms with Gasteiger partial charge in [0.05, 0.1) is 22.7 Å². The Hall–Kier alpha value is -5.79. The van der Waals surface area contributed by atoms with Crippen LogP contribution in [0.3, 0.4) is 0 Å². The number of rotatable bonds is 3. The molecule has 0 aliphatic heterocycles. The molecule has 0 saturated heterocycles. The summed E-state index contributed by atoms with van der Waals surface area (Å²) in [5.41, 5.74) is 13.5. The topological polar surface area (TPSA) is 58.2 Å². The van der Waals surface area contributed by atoms with Crippen LogP contribution in [0, 0.1) is 39.0 Å². The van der Waals surface area contributed by atoms with Gasteiger partial charge in [0.1, 0.15) is 5.65 Å². The average molecular weight is 580 g/mol. The lowest BCUT2D eigenvalue weighted by atomic mass is 9.89. The zero-order chi connectivity index (χ0) is 31.0. The summed E-state index contributed by atoms with van der Waals surface area (Å²) in [6.07, 6.45) is 0. The lowest BCUT2D eigenvalue weighted by molar-refractivity contribution is 1.19. The quantitative estimate of drug-likeness (QED) is 0.209. The number of benzene rings is 6. The van der Waals surface area contributed by atoms with Crippen LogP contribution in [0.2, 0.25) is 0 Å². The zero-order valence-electron chi connectivity index (χ0n) is 25.6. The molecule has 0 aliphatic rings. The molecule has 0 fully saturated rings. The molecule has 214 valence electrons. The van der Waals surface area contributed by atoms with E-state index in [-0.39, 0.29) is 5.56 Å². The van der Waals surface area contributed by atoms with Crippen molar-refractivity contribution < 1.29 is 0 Å². The zero-order valence-corrected chi connectivity index (χ0v) is 25.6. The first-order valence-corrected chi connectivity index (χ1v) is 15.2. The Morgan fingerprint density at radius 2 is 1.27 bits per heavy atom. The fourth-order valence-electron chi connectivity index (χ4n) is 7.36. The first-order valence-electron chi connectivity index (χ1n) is 15.2. The van der Waals surface area contributed by atoms with E-state index < -0.39 is 0 Å². The van der Waals surface area contributed by atoms with Crippen LogP contribution in [0.1, 0.15) is 27.8 Å². The maximum Gasteiger partial charge on any atom is 0.264 e. The highest BCUT2D eigenvalue weighted by Gasteiger charge is 2.24. The second-order valence-electron chi connectivity index (χ2n) is 12.1. The standard InChI is InChI=1S/C41H29N3O/c1-23-10-8-11-24(2)35(23)29-20-33(36-25(3)12-9-13-26(36)4)39-34(21-29)43-40-31-17-16-28(22-42)37-30(27-14-6-5-7-15-27)18-19-32(38(31)37)41(45)44(39)40/h5-21H,1-4H3. The van der Waals surface area contributed by atoms with Gasteiger partial charge in [0, 0.05) is 27.1 Å². The summed E-state index contributed by atoms with van der Waals surface area (Å²) >= 11 is 0. The van der Waals surface area contributed by atoms with E-state index in [1.807, 2.05) is 54.6 Å². The van der Waals surface area contributed by atoms with Crippen LogP contribution < -0.4 is 5.56 Å². The smallest absolute Gasteiger partial charge is 0.264 e. The van der Waals surface area contributed by atoms with Crippen LogP contribution >= 0.6 is 0 Å². The third-order valence-corrected chi connectivity index (χ3v) is 9.31. The van der Waals surface area contributed by atoms with Crippen LogP contribution in [-0.4, -0.2) is 9.38 Å². The van der Waals surface area contributed by atoms with Crippen molar-refractivity contribution in [3.63, 3.8) is 0 Å². The molecular weight excluding hydrogens is 550 g/mol. The van der Waals surface area contributed by atoms with Crippen molar-refractivity contribution in [2.45, 2.75) is 27.7 Å². The number of nitriles is 1. The van der Waals surface area contributed by atoms with Gasteiger partial charge in [0.2, 0.25) is 0 Å². The largest absolute Gasteiger partial charge is 0.268 e. The third-order valence-electron chi connectivity index (χ3n) is 9.31. The fraction of sp³-hybridized carbons (Fsp3) is 0.0976. The van der Waals surface area contributed by atoms with Crippen LogP contribution in [0.25, 0.3) is 71.6 Å². The highest BCUT2D eigenvalue weighted by atomic mass is 16.1. The molecule has 0 bridgehead atoms. The summed E-state index contributed by atoms with van der Waals surface area (Å²) in [5, 5.41) is 13.2. The fourth-order valence-corrected chi connectivity index (χ4v) is 7.36. The van der Waals surface area contributed by atoms with E-state index in [4.69, 9.17) is 4.98 Å². The van der Waals surface area contributed by atoms with Gasteiger partial charge in [-0.2, -0.15) is 5.26 Å². The van der Waals surface area contributed by atoms with E-state index in [2.05, 4.69) is 82.3 Å². The van der Waals surface area contributed by atoms with Crippen LogP contribution in [-0.2, 0) is 0 Å². The minimum Gasteiger partial charge on any atom is -0.268 e. The van der Waals surface area contributed by atoms with Gasteiger partial charge < -0.3 is 0 Å². The number of hydrogen-bond acceptors (Lipinski definition) is 3. The SMILES string of the molecule is Cc1cccc(C)c1-c1cc(-c2c(C)cccc2C)c2c(c1)nc1c3ccc(C#N)c4c(-c5ccccc5)ccc(c(=O)n12)c43. The summed E-state index contributed by atoms with van der Waals surface area (Å²) < 4.78 is 1.80. The Morgan fingerprint density at radius 3 is 1.93 bits per heavy atom. The van der Waals surface area contributed by atoms with Gasteiger partial charge in [0.25, 0.3) is 5.56 Å². The third kappa shape index (κ3) is 3.84. The molecule has 0 saturated carbocycles. The lowest BCUT2D eigenvalue weighted by Gasteiger charge is -2.16. The lowest BCUT2D eigenvalue weighted by Crippen LogP contribution is -2.14. The second kappa shape index (κ2) is 9.87. The monoisotopic (exact) mass is 579 g/mol. The molecule has 0 unspecified atom stereocenters. The van der Waals surface area contributed by atoms with Gasteiger partial charge >= 0.3 is 0 Å². The summed E-state index contributed by atoms with van der Waals surface area (Å²) in [7, 11) is 0. The summed E-state index contributed by atoms with van der Waals surface area (Å²) in [5.74, 6) is 0. The van der Waals surface area contributed by atoms with E-state index >= 15 is 0 Å². The maximum absolute atomic E-state index is 14.7. The Labute approximate surface area is 260 Å². The molecule has 6 aromatic carbocycles. The first-order chi connectivity index (χ1) is 21.9. The van der Waals surface area contributed by atoms with Crippen LogP contribution in [0.15, 0.2) is 108 Å². The molecule has 2 aromatic heterocycles. The van der Waals surface area contributed by atoms with E-state index in [0.717, 1.165) is 66.1 Å². The average Bonchev–Trinajstić information content (AvgIpc) is 3.43. The number of hydrogen-bond donors (Lipinski definition) is 0. The molecule has 0 atom stereocenters. The molecular formula is C41H29N3O. The molecule has 0 N–H and O–H groups in total. The van der Waals surface area contributed by atoms with E-state index in [9.17, 15) is 10.1 Å². The number of nitrogens with zero attached hydrogens (tertiary/aromatic N) is 3. The Balaban J connectivity index is 1.59. The molecule has 45 heavy (non-hydrogen) atoms. The minimum atomic E-state index is -0.132. The Bertz CT molecular complexity index is 2570. The minimum absolute atomic E-state index is 0.132. The molecule has 2 heterocycles. The maximum atomic E-state index is 14.7. The molecule has 4 heteroatoms. The predicted octanol–water partition coefficient (Wildman–Crippen LogP) is 9.70. The van der Waals surface area contributed by atoms with Gasteiger partial charge in [-0.3, -0.25) is 9.20 Å². The van der Waals surface area contributed by atoms with Crippen molar-refractivity contribution in [3.8, 4) is 39.4 Å². The number of imidazole rings is 1. The highest BCUT2D eigenvalue weighted by molar-refractivity contribution is 6.21. The van der Waals surface area contributed by atoms with Gasteiger partial charge in [-0.1, -0.05) is 72.8 Å². The van der Waals surface area contributed by atoms with Crippen molar-refractivity contribution >= 4 is 38.2 Å². The second-order valence-corrected chi connectivity index (χ2v) is 12.1. The van der Waals surface area contributed by atoms with E-state index in [1.165, 1.54) is 16.7 Å². The normalized spacial score (nSPS) is 11.6. The number of aromatic nitrogens is 2. The molecule has 0 aliphatic carbocycles. The number of aryl methyl sites for hydroxylation is 4. The van der Waals surface area contributed by atoms with Crippen molar-refractivity contribution in [3.05, 3.63) is 141 Å². The molecule has 0 spiro atoms. The van der Waals surface area contributed by atoms with Gasteiger partial charge in [0.15, 0.2) is 0 Å². The van der Waals surface area contributed by atoms with E-state index in [1.54, 1.807) is 4.40 Å². The molecule has 8 aromatic rings. The molecule has 0 radical (unpaired) electrons. The molecule has 0 amide bonds. The summed E-state index contributed by atoms with van der Waals surface area (Å²) in [6.45, 7) is 8.53. The van der Waals surface area contributed by atoms with Gasteiger partial charge in [-0.15, -0.1) is 0 Å². The van der Waals surface area contributed by atoms with Crippen molar-refractivity contribution in [2.75, 3.05) is 0 Å². The summed E-state index contributed by atoms with van der Waals surface area (Å²) in [4.78, 5) is 19.9. The van der Waals surface area contributed by atoms with Crippen molar-refractivity contribution in [1.29, 1.82) is 5.26 Å². The van der Waals surface area contributed by atoms with Crippen molar-refractivity contribution in [2.24, 2.45) is 0 Å². The Morgan fingerprint density at radius 1 is 0.622 bits per heavy atom. The number of fused-ring (bicyclic) bond motifs is 4. The van der Waals surface area contributed by atoms with E-state index in [0.29, 0.717) is 16.6 Å². The molecule has 8 rings (SSSR count). The van der Waals surface area contributed by atoms with Gasteiger partial charge in [-0.25, -0.2) is 4.98 Å². The predicted molar refractivity (Wildman–Crippen MR) is 185 cm³/mol. The van der Waals surface area contributed by atoms with Gasteiger partial charge in [-0.05, 0) is 108 Å². The van der Waals surface area contributed by atoms with Crippen LogP contribution in [0.4, 0.5) is 0 Å². The highest BCUT2D eigenvalue weighted by Crippen LogP contribution is 2.42. The van der Waals surface area contributed by atoms with Crippen molar-refractivity contribution in [1.82, 2.24) is 9.38 Å². The first kappa shape index (κ1) is 26.8. The summed E-state index contributed by atoms with van der Waals surface area (Å²) in [6, 6.07) is 37.2. The van der Waals surface area contributed by atoms with Crippen LogP contribution in [0.5, 0.6) is 0 Å².